The van der Waals surface area contributed by atoms with Crippen molar-refractivity contribution in [2.24, 2.45) is 0 Å². The average molecular weight is 562 g/mol. The fourth-order valence-corrected chi connectivity index (χ4v) is 5.30. The second-order valence-corrected chi connectivity index (χ2v) is 16.4. The molecule has 0 radical (unpaired) electrons. The van der Waals surface area contributed by atoms with Crippen LogP contribution in [0.1, 0.15) is 50.5 Å². The summed E-state index contributed by atoms with van der Waals surface area (Å²) in [4.78, 5) is 22.3. The number of pyridine rings is 1. The smallest absolute Gasteiger partial charge is 0.251 e. The monoisotopic (exact) mass is 561 g/mol. The topological polar surface area (TPSA) is 66.2 Å². The number of ether oxygens (including phenoxy) is 1. The van der Waals surface area contributed by atoms with Crippen molar-refractivity contribution in [1.29, 1.82) is 0 Å². The Balaban J connectivity index is 1.68. The molecule has 0 spiro atoms. The first-order chi connectivity index (χ1) is 17.9. The highest BCUT2D eigenvalue weighted by Gasteiger charge is 2.38. The molecule has 0 bridgehead atoms. The van der Waals surface area contributed by atoms with Gasteiger partial charge in [-0.1, -0.05) is 38.4 Å². The quantitative estimate of drug-likeness (QED) is 0.306. The summed E-state index contributed by atoms with van der Waals surface area (Å²) in [7, 11) is -2.16. The van der Waals surface area contributed by atoms with E-state index in [2.05, 4.69) is 43.8 Å². The van der Waals surface area contributed by atoms with Crippen molar-refractivity contribution < 1.29 is 17.9 Å². The molecule has 0 saturated carbocycles. The Morgan fingerprint density at radius 2 is 2.00 bits per heavy atom. The zero-order valence-corrected chi connectivity index (χ0v) is 24.1. The van der Waals surface area contributed by atoms with E-state index < -0.39 is 32.3 Å². The molecule has 3 aromatic rings. The van der Waals surface area contributed by atoms with Crippen molar-refractivity contribution in [2.45, 2.75) is 63.5 Å². The molecule has 0 amide bonds. The predicted octanol–water partition coefficient (Wildman–Crippen LogP) is 6.55. The third-order valence-electron chi connectivity index (χ3n) is 7.61. The van der Waals surface area contributed by atoms with E-state index in [0.717, 1.165) is 0 Å². The summed E-state index contributed by atoms with van der Waals surface area (Å²) in [5, 5.41) is -0.0223. The number of hydrogen-bond acceptors (Lipinski definition) is 5. The maximum Gasteiger partial charge on any atom is 0.251 e. The van der Waals surface area contributed by atoms with Crippen LogP contribution in [-0.2, 0) is 9.16 Å². The van der Waals surface area contributed by atoms with Crippen LogP contribution in [0.5, 0.6) is 0 Å². The van der Waals surface area contributed by atoms with Crippen molar-refractivity contribution in [3.63, 3.8) is 0 Å². The van der Waals surface area contributed by atoms with Gasteiger partial charge in [0.2, 0.25) is 0 Å². The van der Waals surface area contributed by atoms with Crippen LogP contribution in [0.15, 0.2) is 53.6 Å². The van der Waals surface area contributed by atoms with E-state index in [1.807, 2.05) is 0 Å². The molecule has 3 atom stereocenters. The molecule has 0 N–H and O–H groups in total. The number of alkyl halides is 1. The third kappa shape index (κ3) is 6.22. The van der Waals surface area contributed by atoms with E-state index in [1.165, 1.54) is 22.8 Å². The molecule has 204 valence electrons. The Bertz CT molecular complexity index is 1350. The largest absolute Gasteiger partial charge is 0.414 e. The van der Waals surface area contributed by atoms with Gasteiger partial charge in [0.25, 0.3) is 5.56 Å². The maximum atomic E-state index is 14.4. The summed E-state index contributed by atoms with van der Waals surface area (Å²) in [6.07, 6.45) is 2.57. The van der Waals surface area contributed by atoms with Crippen LogP contribution < -0.4 is 5.56 Å². The minimum Gasteiger partial charge on any atom is -0.414 e. The molecule has 38 heavy (non-hydrogen) atoms. The van der Waals surface area contributed by atoms with Gasteiger partial charge in [-0.15, -0.1) is 0 Å². The van der Waals surface area contributed by atoms with Gasteiger partial charge in [-0.2, -0.15) is 0 Å². The molecule has 1 fully saturated rings. The number of rotatable bonds is 7. The zero-order chi connectivity index (χ0) is 27.7. The first-order valence-electron chi connectivity index (χ1n) is 12.7. The van der Waals surface area contributed by atoms with Crippen LogP contribution in [0.25, 0.3) is 11.3 Å². The summed E-state index contributed by atoms with van der Waals surface area (Å²) in [6.45, 7) is 11.4. The van der Waals surface area contributed by atoms with Gasteiger partial charge in [0.05, 0.1) is 35.9 Å². The van der Waals surface area contributed by atoms with Gasteiger partial charge >= 0.3 is 0 Å². The summed E-state index contributed by atoms with van der Waals surface area (Å²) >= 11 is 5.93. The lowest BCUT2D eigenvalue weighted by molar-refractivity contribution is 0.0198. The van der Waals surface area contributed by atoms with Crippen molar-refractivity contribution in [3.8, 4) is 11.3 Å². The molecule has 0 aliphatic carbocycles. The lowest BCUT2D eigenvalue weighted by Gasteiger charge is -2.37. The van der Waals surface area contributed by atoms with Gasteiger partial charge < -0.3 is 13.7 Å². The van der Waals surface area contributed by atoms with Crippen LogP contribution in [-0.4, -0.2) is 48.8 Å². The molecule has 3 heterocycles. The fraction of sp³-hybridized carbons (Fsp3) is 0.464. The lowest BCUT2D eigenvalue weighted by Crippen LogP contribution is -2.43. The highest BCUT2D eigenvalue weighted by atomic mass is 35.5. The number of aromatic nitrogens is 3. The fourth-order valence-electron chi connectivity index (χ4n) is 4.17. The highest BCUT2D eigenvalue weighted by Crippen LogP contribution is 2.37. The van der Waals surface area contributed by atoms with E-state index >= 15 is 0 Å². The number of nitrogens with zero attached hydrogens (tertiary/aromatic N) is 3. The van der Waals surface area contributed by atoms with Crippen molar-refractivity contribution >= 4 is 19.9 Å². The van der Waals surface area contributed by atoms with Gasteiger partial charge in [-0.25, -0.2) is 18.7 Å². The van der Waals surface area contributed by atoms with E-state index in [0.29, 0.717) is 35.7 Å². The molecule has 2 aromatic heterocycles. The molecule has 1 aromatic carbocycles. The molecule has 10 heteroatoms. The molecule has 1 aliphatic rings. The maximum absolute atomic E-state index is 14.4. The van der Waals surface area contributed by atoms with Crippen LogP contribution >= 0.6 is 11.6 Å². The van der Waals surface area contributed by atoms with Crippen LogP contribution in [0.3, 0.4) is 0 Å². The standard InChI is InChI=1S/C28H34ClF2N3O3Si/c1-28(2,3)38(4,5)37-17-25(19-6-7-21(29)22(30)14-19)34-12-9-18(15-26(34)35)24-8-11-32-27(33-24)20-10-13-36-16-23(20)31/h6-9,11-12,14-15,20,23,25H,10,13,16-17H2,1-5H3/t20-,23+,25+/m0/s1. The Morgan fingerprint density at radius 3 is 2.66 bits per heavy atom. The SMILES string of the molecule is CC(C)(C)[Si](C)(C)OC[C@H](c1ccc(Cl)c(F)c1)n1ccc(-c2ccnc([C@H]3CCOC[C@H]3F)n2)cc1=O. The van der Waals surface area contributed by atoms with Crippen molar-refractivity contribution in [3.05, 3.63) is 81.4 Å². The van der Waals surface area contributed by atoms with Crippen molar-refractivity contribution in [1.82, 2.24) is 14.5 Å². The summed E-state index contributed by atoms with van der Waals surface area (Å²) in [5.41, 5.74) is 1.41. The van der Waals surface area contributed by atoms with Crippen molar-refractivity contribution in [2.75, 3.05) is 19.8 Å². The van der Waals surface area contributed by atoms with E-state index in [9.17, 15) is 13.6 Å². The second kappa shape index (κ2) is 11.3. The number of benzene rings is 1. The molecular weight excluding hydrogens is 528 g/mol. The van der Waals surface area contributed by atoms with Crippen LogP contribution in [0.4, 0.5) is 8.78 Å². The average Bonchev–Trinajstić information content (AvgIpc) is 2.86. The molecule has 1 saturated heterocycles. The highest BCUT2D eigenvalue weighted by molar-refractivity contribution is 6.74. The Hall–Kier alpha value is -2.46. The minimum absolute atomic E-state index is 0.0140. The number of halogens is 3. The van der Waals surface area contributed by atoms with Gasteiger partial charge in [0.15, 0.2) is 8.32 Å². The van der Waals surface area contributed by atoms with E-state index in [1.54, 1.807) is 30.6 Å². The molecular formula is C28H34ClF2N3O3Si. The summed E-state index contributed by atoms with van der Waals surface area (Å²) in [6, 6.07) is 8.94. The Kier molecular flexibility index (Phi) is 8.51. The lowest BCUT2D eigenvalue weighted by atomic mass is 9.97. The Morgan fingerprint density at radius 1 is 1.24 bits per heavy atom. The van der Waals surface area contributed by atoms with E-state index in [4.69, 9.17) is 20.8 Å². The molecule has 1 aliphatic heterocycles. The normalized spacial score (nSPS) is 19.4. The van der Waals surface area contributed by atoms with Crippen LogP contribution in [0.2, 0.25) is 23.2 Å². The Labute approximate surface area is 228 Å². The molecule has 4 rings (SSSR count). The molecule has 6 nitrogen and oxygen atoms in total. The third-order valence-corrected chi connectivity index (χ3v) is 12.4. The van der Waals surface area contributed by atoms with E-state index in [-0.39, 0.29) is 28.8 Å². The second-order valence-electron chi connectivity index (χ2n) is 11.2. The van der Waals surface area contributed by atoms with Crippen LogP contribution in [0, 0.1) is 5.82 Å². The molecule has 0 unspecified atom stereocenters. The number of hydrogen-bond donors (Lipinski definition) is 0. The van der Waals surface area contributed by atoms with Gasteiger partial charge in [-0.3, -0.25) is 4.79 Å². The summed E-state index contributed by atoms with van der Waals surface area (Å²) < 4.78 is 42.0. The zero-order valence-electron chi connectivity index (χ0n) is 22.4. The first kappa shape index (κ1) is 28.5. The first-order valence-corrected chi connectivity index (χ1v) is 16.0. The van der Waals surface area contributed by atoms with Gasteiger partial charge in [0, 0.05) is 30.6 Å². The summed E-state index contributed by atoms with van der Waals surface area (Å²) in [5.74, 6) is -0.598. The minimum atomic E-state index is -2.16. The van der Waals surface area contributed by atoms with Gasteiger partial charge in [-0.05, 0) is 54.4 Å². The van der Waals surface area contributed by atoms with Gasteiger partial charge in [0.1, 0.15) is 17.8 Å². The predicted molar refractivity (Wildman–Crippen MR) is 147 cm³/mol.